The number of nitrogens with one attached hydrogen (secondary N) is 1. The molecule has 0 aromatic heterocycles. The minimum Gasteiger partial charge on any atom is -0.376 e. The van der Waals surface area contributed by atoms with Gasteiger partial charge in [-0.1, -0.05) is 18.6 Å². The van der Waals surface area contributed by atoms with Crippen molar-refractivity contribution in [2.45, 2.75) is 31.7 Å². The second-order valence-electron chi connectivity index (χ2n) is 5.20. The van der Waals surface area contributed by atoms with Gasteiger partial charge in [0.1, 0.15) is 5.69 Å². The summed E-state index contributed by atoms with van der Waals surface area (Å²) in [7, 11) is 0. The smallest absolute Gasteiger partial charge is 0.292 e. The lowest BCUT2D eigenvalue weighted by molar-refractivity contribution is -0.384. The van der Waals surface area contributed by atoms with Gasteiger partial charge in [0.05, 0.1) is 4.92 Å². The summed E-state index contributed by atoms with van der Waals surface area (Å²) in [6, 6.07) is 7.38. The van der Waals surface area contributed by atoms with Crippen molar-refractivity contribution >= 4 is 11.4 Å². The molecular weight excluding hydrogens is 216 g/mol. The third-order valence-corrected chi connectivity index (χ3v) is 4.18. The van der Waals surface area contributed by atoms with Crippen LogP contribution in [0.3, 0.4) is 0 Å². The molecule has 0 radical (unpaired) electrons. The summed E-state index contributed by atoms with van der Waals surface area (Å²) in [6.07, 6.45) is 5.11. The van der Waals surface area contributed by atoms with Crippen LogP contribution in [0.2, 0.25) is 0 Å². The molecule has 2 aliphatic rings. The van der Waals surface area contributed by atoms with Gasteiger partial charge in [0, 0.05) is 12.1 Å². The lowest BCUT2D eigenvalue weighted by Crippen LogP contribution is -2.26. The molecule has 0 heterocycles. The van der Waals surface area contributed by atoms with Gasteiger partial charge in [-0.15, -0.1) is 0 Å². The highest BCUT2D eigenvalue weighted by atomic mass is 16.6. The van der Waals surface area contributed by atoms with Crippen molar-refractivity contribution in [2.24, 2.45) is 11.8 Å². The normalized spacial score (nSPS) is 30.5. The van der Waals surface area contributed by atoms with Crippen LogP contribution in [-0.4, -0.2) is 11.0 Å². The monoisotopic (exact) mass is 232 g/mol. The first-order chi connectivity index (χ1) is 8.24. The van der Waals surface area contributed by atoms with E-state index in [1.165, 1.54) is 25.7 Å². The molecule has 17 heavy (non-hydrogen) atoms. The van der Waals surface area contributed by atoms with Gasteiger partial charge < -0.3 is 5.32 Å². The van der Waals surface area contributed by atoms with Gasteiger partial charge in [0.2, 0.25) is 0 Å². The van der Waals surface area contributed by atoms with Gasteiger partial charge in [-0.25, -0.2) is 0 Å². The Kier molecular flexibility index (Phi) is 2.50. The Morgan fingerprint density at radius 1 is 1.24 bits per heavy atom. The first-order valence-corrected chi connectivity index (χ1v) is 6.24. The van der Waals surface area contributed by atoms with Crippen LogP contribution in [0.4, 0.5) is 11.4 Å². The topological polar surface area (TPSA) is 55.2 Å². The number of nitro groups is 1. The van der Waals surface area contributed by atoms with Crippen LogP contribution in [0.5, 0.6) is 0 Å². The number of nitrogens with zero attached hydrogens (tertiary/aromatic N) is 1. The molecule has 0 saturated heterocycles. The van der Waals surface area contributed by atoms with Crippen molar-refractivity contribution in [2.75, 3.05) is 5.32 Å². The third-order valence-electron chi connectivity index (χ3n) is 4.18. The molecule has 1 unspecified atom stereocenters. The van der Waals surface area contributed by atoms with Crippen molar-refractivity contribution in [3.63, 3.8) is 0 Å². The van der Waals surface area contributed by atoms with Crippen LogP contribution in [0.15, 0.2) is 24.3 Å². The van der Waals surface area contributed by atoms with E-state index in [-0.39, 0.29) is 10.6 Å². The number of hydrogen-bond acceptors (Lipinski definition) is 3. The first-order valence-electron chi connectivity index (χ1n) is 6.24. The number of benzene rings is 1. The minimum atomic E-state index is -0.310. The Morgan fingerprint density at radius 3 is 2.71 bits per heavy atom. The Hall–Kier alpha value is -1.58. The van der Waals surface area contributed by atoms with Gasteiger partial charge in [-0.3, -0.25) is 10.1 Å². The fourth-order valence-corrected chi connectivity index (χ4v) is 3.38. The largest absolute Gasteiger partial charge is 0.376 e. The number of para-hydroxylation sites is 2. The summed E-state index contributed by atoms with van der Waals surface area (Å²) in [5.74, 6) is 1.57. The van der Waals surface area contributed by atoms with E-state index >= 15 is 0 Å². The second-order valence-corrected chi connectivity index (χ2v) is 5.20. The highest BCUT2D eigenvalue weighted by molar-refractivity contribution is 5.61. The average molecular weight is 232 g/mol. The fourth-order valence-electron chi connectivity index (χ4n) is 3.38. The number of anilines is 1. The molecule has 2 aliphatic carbocycles. The van der Waals surface area contributed by atoms with E-state index < -0.39 is 0 Å². The standard InChI is InChI=1S/C13H16N2O2/c16-15(17)13-4-2-1-3-11(13)14-12-8-9-5-6-10(12)7-9/h1-4,9-10,12,14H,5-8H2/t9-,10+,12?/m1/s1. The van der Waals surface area contributed by atoms with Crippen LogP contribution in [0.25, 0.3) is 0 Å². The maximum Gasteiger partial charge on any atom is 0.292 e. The van der Waals surface area contributed by atoms with E-state index in [2.05, 4.69) is 5.32 Å². The average Bonchev–Trinajstić information content (AvgIpc) is 2.91. The quantitative estimate of drug-likeness (QED) is 0.643. The van der Waals surface area contributed by atoms with Crippen LogP contribution in [0.1, 0.15) is 25.7 Å². The highest BCUT2D eigenvalue weighted by Gasteiger charge is 2.39. The van der Waals surface area contributed by atoms with Gasteiger partial charge >= 0.3 is 0 Å². The molecule has 0 amide bonds. The van der Waals surface area contributed by atoms with E-state index in [1.807, 2.05) is 12.1 Å². The molecule has 3 rings (SSSR count). The lowest BCUT2D eigenvalue weighted by Gasteiger charge is -2.23. The third kappa shape index (κ3) is 1.88. The van der Waals surface area contributed by atoms with Crippen molar-refractivity contribution in [3.05, 3.63) is 34.4 Å². The molecule has 1 aromatic carbocycles. The van der Waals surface area contributed by atoms with E-state index in [4.69, 9.17) is 0 Å². The molecular formula is C13H16N2O2. The molecule has 2 bridgehead atoms. The molecule has 2 saturated carbocycles. The zero-order valence-corrected chi connectivity index (χ0v) is 9.63. The summed E-state index contributed by atoms with van der Waals surface area (Å²) in [6.45, 7) is 0. The van der Waals surface area contributed by atoms with E-state index in [1.54, 1.807) is 12.1 Å². The van der Waals surface area contributed by atoms with Crippen molar-refractivity contribution in [1.29, 1.82) is 0 Å². The zero-order chi connectivity index (χ0) is 11.8. The van der Waals surface area contributed by atoms with E-state index in [0.29, 0.717) is 11.7 Å². The SMILES string of the molecule is O=[N+]([O-])c1ccccc1NC1C[C@@H]2CC[C@H]1C2. The molecule has 4 heteroatoms. The Bertz CT molecular complexity index is 447. The zero-order valence-electron chi connectivity index (χ0n) is 9.63. The van der Waals surface area contributed by atoms with Gasteiger partial charge in [-0.2, -0.15) is 0 Å². The van der Waals surface area contributed by atoms with Crippen molar-refractivity contribution in [3.8, 4) is 0 Å². The van der Waals surface area contributed by atoms with Gasteiger partial charge in [0.15, 0.2) is 0 Å². The molecule has 2 fully saturated rings. The predicted octanol–water partition coefficient (Wildman–Crippen LogP) is 3.20. The molecule has 1 N–H and O–H groups in total. The Balaban J connectivity index is 1.79. The molecule has 90 valence electrons. The molecule has 3 atom stereocenters. The number of rotatable bonds is 3. The minimum absolute atomic E-state index is 0.190. The number of fused-ring (bicyclic) bond motifs is 2. The molecule has 4 nitrogen and oxygen atoms in total. The molecule has 0 aliphatic heterocycles. The summed E-state index contributed by atoms with van der Waals surface area (Å²) in [5.41, 5.74) is 0.866. The van der Waals surface area contributed by atoms with Gasteiger partial charge in [-0.05, 0) is 37.2 Å². The summed E-state index contributed by atoms with van der Waals surface area (Å²) in [5, 5.41) is 14.3. The fraction of sp³-hybridized carbons (Fsp3) is 0.538. The van der Waals surface area contributed by atoms with E-state index in [0.717, 1.165) is 11.8 Å². The first kappa shape index (κ1) is 10.6. The lowest BCUT2D eigenvalue weighted by atomic mass is 9.95. The molecule has 1 aromatic rings. The van der Waals surface area contributed by atoms with Crippen molar-refractivity contribution < 1.29 is 4.92 Å². The summed E-state index contributed by atoms with van der Waals surface area (Å²) >= 11 is 0. The maximum atomic E-state index is 10.9. The Morgan fingerprint density at radius 2 is 2.06 bits per heavy atom. The predicted molar refractivity (Wildman–Crippen MR) is 66.0 cm³/mol. The molecule has 0 spiro atoms. The van der Waals surface area contributed by atoms with E-state index in [9.17, 15) is 10.1 Å². The Labute approximate surface area is 100 Å². The summed E-state index contributed by atoms with van der Waals surface area (Å²) < 4.78 is 0. The van der Waals surface area contributed by atoms with Crippen LogP contribution >= 0.6 is 0 Å². The summed E-state index contributed by atoms with van der Waals surface area (Å²) in [4.78, 5) is 10.6. The van der Waals surface area contributed by atoms with Gasteiger partial charge in [0.25, 0.3) is 5.69 Å². The second kappa shape index (κ2) is 4.02. The van der Waals surface area contributed by atoms with Crippen LogP contribution in [0, 0.1) is 22.0 Å². The van der Waals surface area contributed by atoms with Crippen molar-refractivity contribution in [1.82, 2.24) is 0 Å². The van der Waals surface area contributed by atoms with Crippen LogP contribution < -0.4 is 5.32 Å². The van der Waals surface area contributed by atoms with Crippen LogP contribution in [-0.2, 0) is 0 Å². The highest BCUT2D eigenvalue weighted by Crippen LogP contribution is 2.46. The maximum absolute atomic E-state index is 10.9. The number of hydrogen-bond donors (Lipinski definition) is 1. The number of nitro benzene ring substituents is 1.